The molecule has 41 heavy (non-hydrogen) atoms. The van der Waals surface area contributed by atoms with Gasteiger partial charge in [-0.2, -0.15) is 0 Å². The number of rotatable bonds is 9. The van der Waals surface area contributed by atoms with E-state index in [4.69, 9.17) is 32.7 Å². The number of ether oxygens (including phenoxy) is 2. The first-order valence-corrected chi connectivity index (χ1v) is 14.4. The number of hydrogen-bond acceptors (Lipinski definition) is 6. The van der Waals surface area contributed by atoms with Crippen LogP contribution in [0.5, 0.6) is 5.75 Å². The molecule has 2 heterocycles. The van der Waals surface area contributed by atoms with E-state index in [2.05, 4.69) is 4.90 Å². The van der Waals surface area contributed by atoms with E-state index in [9.17, 15) is 14.7 Å². The predicted octanol–water partition coefficient (Wildman–Crippen LogP) is 6.02. The number of halogens is 2. The number of aryl methyl sites for hydroxylation is 1. The van der Waals surface area contributed by atoms with Crippen LogP contribution in [0.4, 0.5) is 0 Å². The number of amides is 1. The molecule has 1 atom stereocenters. The van der Waals surface area contributed by atoms with Crippen molar-refractivity contribution in [1.29, 1.82) is 0 Å². The summed E-state index contributed by atoms with van der Waals surface area (Å²) in [7, 11) is 0. The van der Waals surface area contributed by atoms with Gasteiger partial charge in [0.25, 0.3) is 11.7 Å². The van der Waals surface area contributed by atoms with Crippen molar-refractivity contribution >= 4 is 40.7 Å². The van der Waals surface area contributed by atoms with Crippen LogP contribution in [0.25, 0.3) is 5.76 Å². The van der Waals surface area contributed by atoms with Crippen molar-refractivity contribution in [2.75, 3.05) is 39.4 Å². The van der Waals surface area contributed by atoms with Crippen molar-refractivity contribution in [3.05, 3.63) is 105 Å². The van der Waals surface area contributed by atoms with Gasteiger partial charge in [-0.1, -0.05) is 59.6 Å². The van der Waals surface area contributed by atoms with E-state index in [0.29, 0.717) is 65.3 Å². The highest BCUT2D eigenvalue weighted by Gasteiger charge is 2.46. The third kappa shape index (κ3) is 6.60. The van der Waals surface area contributed by atoms with Crippen molar-refractivity contribution in [1.82, 2.24) is 9.80 Å². The first kappa shape index (κ1) is 29.1. The second-order valence-corrected chi connectivity index (χ2v) is 11.0. The van der Waals surface area contributed by atoms with Gasteiger partial charge >= 0.3 is 0 Å². The average Bonchev–Trinajstić information content (AvgIpc) is 3.23. The Labute approximate surface area is 249 Å². The smallest absolute Gasteiger partial charge is 0.295 e. The summed E-state index contributed by atoms with van der Waals surface area (Å²) in [5, 5.41) is 12.2. The first-order chi connectivity index (χ1) is 19.8. The molecule has 214 valence electrons. The Hall–Kier alpha value is -3.36. The van der Waals surface area contributed by atoms with Crippen LogP contribution in [0.3, 0.4) is 0 Å². The van der Waals surface area contributed by atoms with E-state index in [0.717, 1.165) is 25.2 Å². The Morgan fingerprint density at radius 3 is 2.44 bits per heavy atom. The first-order valence-electron chi connectivity index (χ1n) is 13.6. The van der Waals surface area contributed by atoms with Gasteiger partial charge in [-0.15, -0.1) is 0 Å². The number of nitrogens with zero attached hydrogens (tertiary/aromatic N) is 2. The van der Waals surface area contributed by atoms with Gasteiger partial charge in [-0.05, 0) is 60.4 Å². The second kappa shape index (κ2) is 13.1. The largest absolute Gasteiger partial charge is 0.507 e. The Morgan fingerprint density at radius 1 is 0.976 bits per heavy atom. The number of aliphatic hydroxyl groups excluding tert-OH is 1. The van der Waals surface area contributed by atoms with E-state index in [1.807, 2.05) is 43.3 Å². The van der Waals surface area contributed by atoms with Crippen LogP contribution in [0, 0.1) is 6.92 Å². The molecule has 9 heteroatoms. The maximum absolute atomic E-state index is 13.4. The van der Waals surface area contributed by atoms with E-state index >= 15 is 0 Å². The molecule has 5 rings (SSSR count). The lowest BCUT2D eigenvalue weighted by Gasteiger charge is -2.29. The molecule has 0 spiro atoms. The predicted molar refractivity (Wildman–Crippen MR) is 159 cm³/mol. The minimum atomic E-state index is -0.803. The highest BCUT2D eigenvalue weighted by atomic mass is 35.5. The lowest BCUT2D eigenvalue weighted by Crippen LogP contribution is -2.38. The molecule has 0 saturated carbocycles. The minimum Gasteiger partial charge on any atom is -0.507 e. The topological polar surface area (TPSA) is 79.3 Å². The van der Waals surface area contributed by atoms with Crippen molar-refractivity contribution in [3.8, 4) is 5.75 Å². The summed E-state index contributed by atoms with van der Waals surface area (Å²) >= 11 is 12.5. The van der Waals surface area contributed by atoms with Gasteiger partial charge in [0, 0.05) is 31.7 Å². The van der Waals surface area contributed by atoms with Gasteiger partial charge in [0.1, 0.15) is 18.1 Å². The quantitative estimate of drug-likeness (QED) is 0.185. The lowest BCUT2D eigenvalue weighted by atomic mass is 9.94. The highest BCUT2D eigenvalue weighted by Crippen LogP contribution is 2.41. The van der Waals surface area contributed by atoms with E-state index in [-0.39, 0.29) is 11.3 Å². The van der Waals surface area contributed by atoms with Crippen LogP contribution in [-0.4, -0.2) is 66.0 Å². The Bertz CT molecular complexity index is 1450. The summed E-state index contributed by atoms with van der Waals surface area (Å²) in [6.07, 6.45) is 0.664. The minimum absolute atomic E-state index is 0.0285. The molecule has 3 aromatic rings. The third-order valence-corrected chi connectivity index (χ3v) is 8.22. The molecule has 3 aromatic carbocycles. The zero-order chi connectivity index (χ0) is 28.9. The molecular formula is C32H32Cl2N2O5. The third-order valence-electron chi connectivity index (χ3n) is 7.48. The van der Waals surface area contributed by atoms with E-state index in [1.54, 1.807) is 30.3 Å². The van der Waals surface area contributed by atoms with E-state index < -0.39 is 17.7 Å². The van der Waals surface area contributed by atoms with Crippen molar-refractivity contribution in [2.45, 2.75) is 26.0 Å². The number of hydrogen-bond donors (Lipinski definition) is 1. The molecule has 2 fully saturated rings. The van der Waals surface area contributed by atoms with Gasteiger partial charge in [-0.3, -0.25) is 14.5 Å². The number of ketones is 1. The van der Waals surface area contributed by atoms with E-state index in [1.165, 1.54) is 4.90 Å². The highest BCUT2D eigenvalue weighted by molar-refractivity contribution is 6.47. The van der Waals surface area contributed by atoms with Crippen LogP contribution in [-0.2, 0) is 20.9 Å². The van der Waals surface area contributed by atoms with Gasteiger partial charge in [0.2, 0.25) is 0 Å². The zero-order valence-electron chi connectivity index (χ0n) is 22.8. The Kier molecular flexibility index (Phi) is 9.30. The second-order valence-electron chi connectivity index (χ2n) is 10.2. The fourth-order valence-electron chi connectivity index (χ4n) is 5.31. The number of aliphatic hydroxyl groups is 1. The van der Waals surface area contributed by atoms with Gasteiger partial charge < -0.3 is 19.5 Å². The molecule has 0 radical (unpaired) electrons. The number of benzene rings is 3. The Morgan fingerprint density at radius 2 is 1.73 bits per heavy atom. The fraction of sp³-hybridized carbons (Fsp3) is 0.312. The number of morpholine rings is 1. The SMILES string of the molecule is Cc1cc(OCc2ccccc2)ccc1/C(O)=C1\C(=O)C(=O)N(CCCN2CCOCC2)[C@H]1c1ccc(Cl)c(Cl)c1. The molecule has 0 aliphatic carbocycles. The molecular weight excluding hydrogens is 563 g/mol. The van der Waals surface area contributed by atoms with Crippen LogP contribution in [0.15, 0.2) is 72.3 Å². The van der Waals surface area contributed by atoms with Crippen LogP contribution in [0.2, 0.25) is 10.0 Å². The van der Waals surface area contributed by atoms with Gasteiger partial charge in [0.15, 0.2) is 0 Å². The summed E-state index contributed by atoms with van der Waals surface area (Å²) in [6, 6.07) is 19.3. The maximum Gasteiger partial charge on any atom is 0.295 e. The molecule has 2 saturated heterocycles. The molecule has 0 aromatic heterocycles. The molecule has 0 bridgehead atoms. The standard InChI is InChI=1S/C32H32Cl2N2O5/c1-21-18-24(41-20-22-6-3-2-4-7-22)9-10-25(21)30(37)28-29(23-8-11-26(33)27(34)19-23)36(32(39)31(28)38)13-5-12-35-14-16-40-17-15-35/h2-4,6-11,18-19,29,37H,5,12-17,20H2,1H3/b30-28+/t29-/m0/s1. The number of likely N-dealkylation sites (tertiary alicyclic amines) is 1. The van der Waals surface area contributed by atoms with Gasteiger partial charge in [-0.25, -0.2) is 0 Å². The zero-order valence-corrected chi connectivity index (χ0v) is 24.3. The van der Waals surface area contributed by atoms with Crippen LogP contribution >= 0.6 is 23.2 Å². The summed E-state index contributed by atoms with van der Waals surface area (Å²) in [5.41, 5.74) is 2.83. The summed E-state index contributed by atoms with van der Waals surface area (Å²) in [5.74, 6) is -0.978. The average molecular weight is 596 g/mol. The number of carbonyl (C=O) groups is 2. The summed E-state index contributed by atoms with van der Waals surface area (Å²) < 4.78 is 11.4. The molecule has 0 unspecified atom stereocenters. The molecule has 2 aliphatic heterocycles. The molecule has 2 aliphatic rings. The monoisotopic (exact) mass is 594 g/mol. The Balaban J connectivity index is 1.44. The number of carbonyl (C=O) groups excluding carboxylic acids is 2. The lowest BCUT2D eigenvalue weighted by molar-refractivity contribution is -0.140. The van der Waals surface area contributed by atoms with Crippen LogP contribution < -0.4 is 4.74 Å². The normalized spacial score (nSPS) is 19.1. The molecule has 7 nitrogen and oxygen atoms in total. The summed E-state index contributed by atoms with van der Waals surface area (Å²) in [6.45, 7) is 6.37. The van der Waals surface area contributed by atoms with Crippen LogP contribution in [0.1, 0.15) is 34.7 Å². The summed E-state index contributed by atoms with van der Waals surface area (Å²) in [4.78, 5) is 30.6. The number of Topliss-reactive ketones (excluding diaryl/α,β-unsaturated/α-hetero) is 1. The van der Waals surface area contributed by atoms with Crippen molar-refractivity contribution < 1.29 is 24.2 Å². The maximum atomic E-state index is 13.4. The fourth-order valence-corrected chi connectivity index (χ4v) is 5.61. The molecule has 1 N–H and O–H groups in total. The van der Waals surface area contributed by atoms with Crippen molar-refractivity contribution in [3.63, 3.8) is 0 Å². The van der Waals surface area contributed by atoms with Gasteiger partial charge in [0.05, 0.1) is 34.9 Å². The molecule has 1 amide bonds. The van der Waals surface area contributed by atoms with Crippen molar-refractivity contribution in [2.24, 2.45) is 0 Å².